The van der Waals surface area contributed by atoms with Crippen LogP contribution >= 0.6 is 0 Å². The lowest BCUT2D eigenvalue weighted by atomic mass is 10.1. The monoisotopic (exact) mass is 292 g/mol. The topological polar surface area (TPSA) is 73.5 Å². The van der Waals surface area contributed by atoms with Gasteiger partial charge in [-0.2, -0.15) is 0 Å². The number of rotatable bonds is 6. The molecule has 0 fully saturated rings. The number of hydrogen-bond donors (Lipinski definition) is 3. The summed E-state index contributed by atoms with van der Waals surface area (Å²) in [6.45, 7) is 4.49. The van der Waals surface area contributed by atoms with E-state index in [-0.39, 0.29) is 18.5 Å². The molecule has 0 saturated carbocycles. The van der Waals surface area contributed by atoms with Gasteiger partial charge in [0.25, 0.3) is 0 Å². The second kappa shape index (κ2) is 8.14. The van der Waals surface area contributed by atoms with Gasteiger partial charge in [0, 0.05) is 32.0 Å². The van der Waals surface area contributed by atoms with Gasteiger partial charge in [-0.05, 0) is 37.1 Å². The number of aryl methyl sites for hydroxylation is 1. The third kappa shape index (κ3) is 5.72. The quantitative estimate of drug-likeness (QED) is 0.747. The second-order valence-electron chi connectivity index (χ2n) is 5.05. The highest BCUT2D eigenvalue weighted by Crippen LogP contribution is 2.21. The van der Waals surface area contributed by atoms with Gasteiger partial charge >= 0.3 is 6.03 Å². The number of carbonyl (C=O) groups excluding carboxylic acids is 2. The van der Waals surface area contributed by atoms with Gasteiger partial charge in [-0.25, -0.2) is 4.79 Å². The molecule has 21 heavy (non-hydrogen) atoms. The van der Waals surface area contributed by atoms with Crippen molar-refractivity contribution in [1.82, 2.24) is 10.6 Å². The highest BCUT2D eigenvalue weighted by molar-refractivity contribution is 5.93. The summed E-state index contributed by atoms with van der Waals surface area (Å²) in [6, 6.07) is 5.38. The number of anilines is 2. The minimum Gasteiger partial charge on any atom is -0.378 e. The van der Waals surface area contributed by atoms with Gasteiger partial charge in [-0.1, -0.05) is 6.92 Å². The summed E-state index contributed by atoms with van der Waals surface area (Å²) in [5, 5.41) is 7.97. The molecule has 0 aliphatic rings. The molecular weight excluding hydrogens is 268 g/mol. The molecule has 0 radical (unpaired) electrons. The lowest BCUT2D eigenvalue weighted by Gasteiger charge is -2.15. The maximum atomic E-state index is 11.7. The summed E-state index contributed by atoms with van der Waals surface area (Å²) >= 11 is 0. The van der Waals surface area contributed by atoms with Crippen LogP contribution in [0.15, 0.2) is 18.2 Å². The molecule has 3 N–H and O–H groups in total. The van der Waals surface area contributed by atoms with Gasteiger partial charge in [0.15, 0.2) is 0 Å². The summed E-state index contributed by atoms with van der Waals surface area (Å²) in [5.74, 6) is -0.188. The fourth-order valence-corrected chi connectivity index (χ4v) is 1.72. The lowest BCUT2D eigenvalue weighted by molar-refractivity contribution is -0.120. The number of carbonyl (C=O) groups is 2. The van der Waals surface area contributed by atoms with Gasteiger partial charge in [-0.3, -0.25) is 4.79 Å². The normalized spacial score (nSPS) is 9.90. The van der Waals surface area contributed by atoms with E-state index in [1.54, 1.807) is 0 Å². The van der Waals surface area contributed by atoms with Gasteiger partial charge in [-0.15, -0.1) is 0 Å². The fraction of sp³-hybridized carbons (Fsp3) is 0.467. The molecule has 0 heterocycles. The number of benzene rings is 1. The molecule has 0 unspecified atom stereocenters. The van der Waals surface area contributed by atoms with Gasteiger partial charge in [0.05, 0.1) is 6.54 Å². The smallest absolute Gasteiger partial charge is 0.319 e. The molecule has 6 nitrogen and oxygen atoms in total. The first kappa shape index (κ1) is 16.8. The van der Waals surface area contributed by atoms with Crippen molar-refractivity contribution in [2.24, 2.45) is 0 Å². The number of nitrogens with zero attached hydrogens (tertiary/aromatic N) is 1. The van der Waals surface area contributed by atoms with Crippen LogP contribution in [-0.4, -0.2) is 39.1 Å². The van der Waals surface area contributed by atoms with Crippen LogP contribution in [0.4, 0.5) is 16.2 Å². The summed E-state index contributed by atoms with van der Waals surface area (Å²) in [4.78, 5) is 25.1. The molecule has 0 spiro atoms. The zero-order chi connectivity index (χ0) is 15.8. The number of hydrogen-bond acceptors (Lipinski definition) is 3. The Morgan fingerprint density at radius 3 is 2.48 bits per heavy atom. The van der Waals surface area contributed by atoms with E-state index in [1.165, 1.54) is 0 Å². The van der Waals surface area contributed by atoms with Crippen molar-refractivity contribution < 1.29 is 9.59 Å². The number of urea groups is 1. The largest absolute Gasteiger partial charge is 0.378 e. The Labute approximate surface area is 125 Å². The van der Waals surface area contributed by atoms with Crippen LogP contribution in [0.5, 0.6) is 0 Å². The molecule has 0 atom stereocenters. The Hall–Kier alpha value is -2.24. The summed E-state index contributed by atoms with van der Waals surface area (Å²) < 4.78 is 0. The zero-order valence-electron chi connectivity index (χ0n) is 13.1. The summed E-state index contributed by atoms with van der Waals surface area (Å²) in [6.07, 6.45) is 0.870. The van der Waals surface area contributed by atoms with Crippen LogP contribution in [0.1, 0.15) is 18.9 Å². The molecule has 3 amide bonds. The maximum absolute atomic E-state index is 11.7. The Bertz CT molecular complexity index is 500. The second-order valence-corrected chi connectivity index (χ2v) is 5.05. The predicted molar refractivity (Wildman–Crippen MR) is 85.8 cm³/mol. The molecule has 6 heteroatoms. The summed E-state index contributed by atoms with van der Waals surface area (Å²) in [5.41, 5.74) is 2.76. The lowest BCUT2D eigenvalue weighted by Crippen LogP contribution is -2.39. The van der Waals surface area contributed by atoms with Crippen LogP contribution in [0, 0.1) is 6.92 Å². The van der Waals surface area contributed by atoms with E-state index in [1.807, 2.05) is 51.0 Å². The van der Waals surface area contributed by atoms with Gasteiger partial charge in [0.2, 0.25) is 5.91 Å². The van der Waals surface area contributed by atoms with Crippen molar-refractivity contribution in [2.75, 3.05) is 37.4 Å². The predicted octanol–water partition coefficient (Wildman–Crippen LogP) is 1.71. The highest BCUT2D eigenvalue weighted by Gasteiger charge is 2.07. The Kier molecular flexibility index (Phi) is 6.52. The van der Waals surface area contributed by atoms with Crippen LogP contribution in [0.25, 0.3) is 0 Å². The Morgan fingerprint density at radius 2 is 1.90 bits per heavy atom. The molecule has 0 saturated heterocycles. The standard InChI is InChI=1S/C15H24N4O2/c1-5-8-16-14(20)10-17-15(21)18-13-7-6-12(19(3)4)9-11(13)2/h6-7,9H,5,8,10H2,1-4H3,(H,16,20)(H2,17,18,21). The molecule has 0 aliphatic carbocycles. The first-order valence-corrected chi connectivity index (χ1v) is 7.03. The maximum Gasteiger partial charge on any atom is 0.319 e. The first-order valence-electron chi connectivity index (χ1n) is 7.03. The van der Waals surface area contributed by atoms with Gasteiger partial charge < -0.3 is 20.9 Å². The Morgan fingerprint density at radius 1 is 1.19 bits per heavy atom. The van der Waals surface area contributed by atoms with Gasteiger partial charge in [0.1, 0.15) is 0 Å². The van der Waals surface area contributed by atoms with E-state index in [9.17, 15) is 9.59 Å². The average Bonchev–Trinajstić information content (AvgIpc) is 2.44. The van der Waals surface area contributed by atoms with Crippen LogP contribution in [0.3, 0.4) is 0 Å². The van der Waals surface area contributed by atoms with E-state index in [0.717, 1.165) is 23.4 Å². The summed E-state index contributed by atoms with van der Waals surface area (Å²) in [7, 11) is 3.92. The molecular formula is C15H24N4O2. The zero-order valence-corrected chi connectivity index (χ0v) is 13.1. The molecule has 0 bridgehead atoms. The van der Waals surface area contributed by atoms with E-state index in [0.29, 0.717) is 6.54 Å². The van der Waals surface area contributed by atoms with Crippen molar-refractivity contribution in [3.05, 3.63) is 23.8 Å². The van der Waals surface area contributed by atoms with Crippen LogP contribution in [-0.2, 0) is 4.79 Å². The Balaban J connectivity index is 2.50. The third-order valence-corrected chi connectivity index (χ3v) is 2.96. The molecule has 1 aromatic rings. The van der Waals surface area contributed by atoms with E-state index in [4.69, 9.17) is 0 Å². The minimum atomic E-state index is -0.387. The number of amides is 3. The first-order chi connectivity index (χ1) is 9.93. The van der Waals surface area contributed by atoms with E-state index in [2.05, 4.69) is 16.0 Å². The fourth-order valence-electron chi connectivity index (χ4n) is 1.72. The molecule has 1 rings (SSSR count). The number of nitrogens with one attached hydrogen (secondary N) is 3. The van der Waals surface area contributed by atoms with Crippen molar-refractivity contribution in [3.63, 3.8) is 0 Å². The van der Waals surface area contributed by atoms with Crippen molar-refractivity contribution in [1.29, 1.82) is 0 Å². The molecule has 1 aromatic carbocycles. The SMILES string of the molecule is CCCNC(=O)CNC(=O)Nc1ccc(N(C)C)cc1C. The average molecular weight is 292 g/mol. The molecule has 116 valence electrons. The third-order valence-electron chi connectivity index (χ3n) is 2.96. The van der Waals surface area contributed by atoms with Crippen LogP contribution < -0.4 is 20.9 Å². The molecule has 0 aliphatic heterocycles. The highest BCUT2D eigenvalue weighted by atomic mass is 16.2. The minimum absolute atomic E-state index is 0.0271. The van der Waals surface area contributed by atoms with Crippen LogP contribution in [0.2, 0.25) is 0 Å². The molecule has 0 aromatic heterocycles. The van der Waals surface area contributed by atoms with E-state index >= 15 is 0 Å². The van der Waals surface area contributed by atoms with E-state index < -0.39 is 0 Å². The van der Waals surface area contributed by atoms with Crippen molar-refractivity contribution in [3.8, 4) is 0 Å². The van der Waals surface area contributed by atoms with Crippen molar-refractivity contribution in [2.45, 2.75) is 20.3 Å². The van der Waals surface area contributed by atoms with Crippen molar-refractivity contribution >= 4 is 23.3 Å².